The second kappa shape index (κ2) is 12.0. The highest BCUT2D eigenvalue weighted by atomic mass is 32.2. The molecule has 4 unspecified atom stereocenters. The third kappa shape index (κ3) is 5.64. The third-order valence-corrected chi connectivity index (χ3v) is 9.26. The fraction of sp³-hybridized carbons (Fsp3) is 0.188. The molecule has 1 aliphatic heterocycles. The summed E-state index contributed by atoms with van der Waals surface area (Å²) in [5.41, 5.74) is 1.81. The van der Waals surface area contributed by atoms with Gasteiger partial charge in [0.05, 0.1) is 24.0 Å². The van der Waals surface area contributed by atoms with Gasteiger partial charge in [-0.3, -0.25) is 9.59 Å². The summed E-state index contributed by atoms with van der Waals surface area (Å²) in [6.07, 6.45) is 0. The number of amides is 1. The standard InChI is InChI=1S/C32H29FN2O5S/c1-40-32(37)28-27(23-11-5-2-6-12-23)30(31(36)34-21-22-17-19-25(33)20-18-22)35(29(28)24-13-7-3-8-14-24)41(38,39)26-15-9-4-10-16-26/h2-20,27-30H,21H2,1H3,(H,34,36). The Bertz CT molecular complexity index is 1600. The lowest BCUT2D eigenvalue weighted by Gasteiger charge is -2.30. The van der Waals surface area contributed by atoms with Crippen LogP contribution in [-0.2, 0) is 30.9 Å². The Morgan fingerprint density at radius 1 is 0.805 bits per heavy atom. The van der Waals surface area contributed by atoms with Crippen molar-refractivity contribution < 1.29 is 27.1 Å². The topological polar surface area (TPSA) is 92.8 Å². The summed E-state index contributed by atoms with van der Waals surface area (Å²) in [6.45, 7) is 0.0369. The zero-order valence-electron chi connectivity index (χ0n) is 22.3. The molecule has 0 aromatic heterocycles. The number of nitrogens with zero attached hydrogens (tertiary/aromatic N) is 1. The maximum atomic E-state index is 14.4. The molecule has 1 heterocycles. The number of hydrogen-bond donors (Lipinski definition) is 1. The van der Waals surface area contributed by atoms with E-state index in [0.717, 1.165) is 4.31 Å². The van der Waals surface area contributed by atoms with Crippen LogP contribution in [0.3, 0.4) is 0 Å². The van der Waals surface area contributed by atoms with E-state index < -0.39 is 51.6 Å². The lowest BCUT2D eigenvalue weighted by molar-refractivity contribution is -0.146. The number of carbonyl (C=O) groups excluding carboxylic acids is 2. The van der Waals surface area contributed by atoms with E-state index >= 15 is 0 Å². The van der Waals surface area contributed by atoms with Crippen LogP contribution in [0.5, 0.6) is 0 Å². The number of carbonyl (C=O) groups is 2. The lowest BCUT2D eigenvalue weighted by Crippen LogP contribution is -2.48. The zero-order chi connectivity index (χ0) is 29.0. The molecule has 1 aliphatic rings. The number of benzene rings is 4. The second-order valence-electron chi connectivity index (χ2n) is 9.78. The minimum Gasteiger partial charge on any atom is -0.469 e. The first-order chi connectivity index (χ1) is 19.8. The minimum atomic E-state index is -4.32. The van der Waals surface area contributed by atoms with Crippen LogP contribution in [0.2, 0.25) is 0 Å². The van der Waals surface area contributed by atoms with Crippen LogP contribution < -0.4 is 5.32 Å². The Labute approximate surface area is 238 Å². The van der Waals surface area contributed by atoms with Gasteiger partial charge in [-0.2, -0.15) is 4.31 Å². The molecule has 9 heteroatoms. The van der Waals surface area contributed by atoms with Gasteiger partial charge in [-0.05, 0) is 41.0 Å². The Morgan fingerprint density at radius 2 is 1.34 bits per heavy atom. The van der Waals surface area contributed by atoms with Crippen molar-refractivity contribution >= 4 is 21.9 Å². The van der Waals surface area contributed by atoms with E-state index in [1.807, 2.05) is 6.07 Å². The molecule has 0 radical (unpaired) electrons. The number of methoxy groups -OCH3 is 1. The normalized spacial score (nSPS) is 20.8. The van der Waals surface area contributed by atoms with Crippen molar-refractivity contribution in [2.45, 2.75) is 29.4 Å². The van der Waals surface area contributed by atoms with Gasteiger partial charge in [-0.1, -0.05) is 91.0 Å². The predicted molar refractivity (Wildman–Crippen MR) is 151 cm³/mol. The molecular weight excluding hydrogens is 543 g/mol. The maximum Gasteiger partial charge on any atom is 0.311 e. The molecule has 41 heavy (non-hydrogen) atoms. The summed E-state index contributed by atoms with van der Waals surface area (Å²) >= 11 is 0. The first kappa shape index (κ1) is 28.2. The number of nitrogens with one attached hydrogen (secondary N) is 1. The number of halogens is 1. The van der Waals surface area contributed by atoms with E-state index in [4.69, 9.17) is 4.74 Å². The van der Waals surface area contributed by atoms with Crippen molar-refractivity contribution in [2.75, 3.05) is 7.11 Å². The second-order valence-corrected chi connectivity index (χ2v) is 11.6. The Balaban J connectivity index is 1.70. The van der Waals surface area contributed by atoms with E-state index in [0.29, 0.717) is 16.7 Å². The summed E-state index contributed by atoms with van der Waals surface area (Å²) in [6, 6.07) is 28.9. The minimum absolute atomic E-state index is 0.00501. The molecule has 1 N–H and O–H groups in total. The molecule has 1 saturated heterocycles. The lowest BCUT2D eigenvalue weighted by atomic mass is 9.80. The summed E-state index contributed by atoms with van der Waals surface area (Å²) in [5.74, 6) is -3.54. The summed E-state index contributed by atoms with van der Waals surface area (Å²) < 4.78 is 48.7. The molecule has 4 aromatic carbocycles. The fourth-order valence-electron chi connectivity index (χ4n) is 5.55. The van der Waals surface area contributed by atoms with Gasteiger partial charge in [0.2, 0.25) is 15.9 Å². The van der Waals surface area contributed by atoms with Gasteiger partial charge in [0, 0.05) is 12.5 Å². The van der Waals surface area contributed by atoms with Crippen molar-refractivity contribution in [1.82, 2.24) is 9.62 Å². The number of rotatable bonds is 8. The van der Waals surface area contributed by atoms with Crippen LogP contribution in [0.15, 0.2) is 120 Å². The highest BCUT2D eigenvalue weighted by Gasteiger charge is 2.60. The van der Waals surface area contributed by atoms with E-state index in [9.17, 15) is 22.4 Å². The highest BCUT2D eigenvalue weighted by Crippen LogP contribution is 2.52. The number of sulfonamides is 1. The smallest absolute Gasteiger partial charge is 0.311 e. The van der Waals surface area contributed by atoms with Crippen LogP contribution in [0, 0.1) is 11.7 Å². The SMILES string of the molecule is COC(=O)C1C(c2ccccc2)C(C(=O)NCc2ccc(F)cc2)N(S(=O)(=O)c2ccccc2)C1c1ccccc1. The molecule has 0 spiro atoms. The predicted octanol–water partition coefficient (Wildman–Crippen LogP) is 4.83. The van der Waals surface area contributed by atoms with E-state index in [1.54, 1.807) is 84.9 Å². The number of hydrogen-bond acceptors (Lipinski definition) is 5. The number of esters is 1. The monoisotopic (exact) mass is 572 g/mol. The summed E-state index contributed by atoms with van der Waals surface area (Å²) in [7, 11) is -3.06. The van der Waals surface area contributed by atoms with Gasteiger partial charge < -0.3 is 10.1 Å². The van der Waals surface area contributed by atoms with Gasteiger partial charge >= 0.3 is 5.97 Å². The Kier molecular flexibility index (Phi) is 8.28. The van der Waals surface area contributed by atoms with E-state index in [-0.39, 0.29) is 11.4 Å². The maximum absolute atomic E-state index is 14.4. The average Bonchev–Trinajstić information content (AvgIpc) is 3.39. The van der Waals surface area contributed by atoms with Crippen LogP contribution in [0.25, 0.3) is 0 Å². The largest absolute Gasteiger partial charge is 0.469 e. The summed E-state index contributed by atoms with van der Waals surface area (Å²) in [4.78, 5) is 27.7. The molecule has 0 saturated carbocycles. The van der Waals surface area contributed by atoms with Gasteiger partial charge in [-0.15, -0.1) is 0 Å². The zero-order valence-corrected chi connectivity index (χ0v) is 23.1. The van der Waals surface area contributed by atoms with Gasteiger partial charge in [0.1, 0.15) is 11.9 Å². The van der Waals surface area contributed by atoms with Crippen molar-refractivity contribution in [2.24, 2.45) is 5.92 Å². The van der Waals surface area contributed by atoms with E-state index in [2.05, 4.69) is 5.32 Å². The van der Waals surface area contributed by atoms with Crippen molar-refractivity contribution in [3.8, 4) is 0 Å². The molecule has 4 atom stereocenters. The van der Waals surface area contributed by atoms with Gasteiger partial charge in [-0.25, -0.2) is 12.8 Å². The van der Waals surface area contributed by atoms with Gasteiger partial charge in [0.25, 0.3) is 0 Å². The first-order valence-electron chi connectivity index (χ1n) is 13.1. The molecule has 7 nitrogen and oxygen atoms in total. The molecule has 5 rings (SSSR count). The molecule has 1 fully saturated rings. The molecule has 210 valence electrons. The molecule has 0 bridgehead atoms. The van der Waals surface area contributed by atoms with Crippen molar-refractivity contribution in [3.05, 3.63) is 138 Å². The highest BCUT2D eigenvalue weighted by molar-refractivity contribution is 7.89. The van der Waals surface area contributed by atoms with Crippen LogP contribution in [0.4, 0.5) is 4.39 Å². The van der Waals surface area contributed by atoms with Crippen molar-refractivity contribution in [1.29, 1.82) is 0 Å². The van der Waals surface area contributed by atoms with Crippen LogP contribution in [-0.4, -0.2) is 37.8 Å². The Morgan fingerprint density at radius 3 is 1.90 bits per heavy atom. The molecule has 4 aromatic rings. The van der Waals surface area contributed by atoms with Crippen LogP contribution in [0.1, 0.15) is 28.7 Å². The first-order valence-corrected chi connectivity index (χ1v) is 14.6. The van der Waals surface area contributed by atoms with Gasteiger partial charge in [0.15, 0.2) is 0 Å². The van der Waals surface area contributed by atoms with E-state index in [1.165, 1.54) is 31.4 Å². The average molecular weight is 573 g/mol. The summed E-state index contributed by atoms with van der Waals surface area (Å²) in [5, 5.41) is 2.84. The quantitative estimate of drug-likeness (QED) is 0.306. The Hall–Kier alpha value is -4.34. The van der Waals surface area contributed by atoms with Crippen LogP contribution >= 0.6 is 0 Å². The molecule has 1 amide bonds. The fourth-order valence-corrected chi connectivity index (χ4v) is 7.37. The molecule has 0 aliphatic carbocycles. The molecular formula is C32H29FN2O5S. The van der Waals surface area contributed by atoms with Crippen molar-refractivity contribution in [3.63, 3.8) is 0 Å². The third-order valence-electron chi connectivity index (χ3n) is 7.38. The number of ether oxygens (including phenoxy) is 1.